The average Bonchev–Trinajstić information content (AvgIpc) is 3.07. The van der Waals surface area contributed by atoms with Crippen molar-refractivity contribution < 1.29 is 0 Å². The van der Waals surface area contributed by atoms with E-state index >= 15 is 0 Å². The lowest BCUT2D eigenvalue weighted by atomic mass is 9.95. The van der Waals surface area contributed by atoms with Gasteiger partial charge in [0.1, 0.15) is 0 Å². The highest BCUT2D eigenvalue weighted by molar-refractivity contribution is 5.96. The molecule has 4 aromatic rings. The minimum absolute atomic E-state index is 0.940. The standard InChI is InChI=1S/C25H26N2/c1-3-26(4-2)19-23-25(21-15-9-6-10-16-21)24(20-13-7-5-8-14-20)22-17-11-12-18-27(22)23/h5-18H,3-4,19H2,1-2H3. The summed E-state index contributed by atoms with van der Waals surface area (Å²) in [5.74, 6) is 0. The van der Waals surface area contributed by atoms with Gasteiger partial charge < -0.3 is 4.40 Å². The summed E-state index contributed by atoms with van der Waals surface area (Å²) in [5.41, 5.74) is 7.85. The number of rotatable bonds is 6. The molecule has 0 aliphatic heterocycles. The van der Waals surface area contributed by atoms with Crippen molar-refractivity contribution in [3.8, 4) is 22.3 Å². The number of aromatic nitrogens is 1. The second-order valence-electron chi connectivity index (χ2n) is 6.85. The predicted molar refractivity (Wildman–Crippen MR) is 115 cm³/mol. The number of nitrogens with zero attached hydrogens (tertiary/aromatic N) is 2. The van der Waals surface area contributed by atoms with Crippen LogP contribution in [0.5, 0.6) is 0 Å². The number of hydrogen-bond donors (Lipinski definition) is 0. The fourth-order valence-corrected chi connectivity index (χ4v) is 3.90. The number of pyridine rings is 1. The summed E-state index contributed by atoms with van der Waals surface area (Å²) >= 11 is 0. The first-order valence-corrected chi connectivity index (χ1v) is 9.78. The van der Waals surface area contributed by atoms with Gasteiger partial charge in [-0.25, -0.2) is 0 Å². The van der Waals surface area contributed by atoms with E-state index in [-0.39, 0.29) is 0 Å². The van der Waals surface area contributed by atoms with Gasteiger partial charge in [0.2, 0.25) is 0 Å². The van der Waals surface area contributed by atoms with Crippen LogP contribution < -0.4 is 0 Å². The Morgan fingerprint density at radius 3 is 1.81 bits per heavy atom. The Morgan fingerprint density at radius 1 is 0.667 bits per heavy atom. The molecule has 2 nitrogen and oxygen atoms in total. The van der Waals surface area contributed by atoms with E-state index in [0.29, 0.717) is 0 Å². The Kier molecular flexibility index (Phi) is 5.08. The van der Waals surface area contributed by atoms with Crippen molar-refractivity contribution in [2.75, 3.05) is 13.1 Å². The molecular weight excluding hydrogens is 328 g/mol. The highest BCUT2D eigenvalue weighted by Gasteiger charge is 2.21. The van der Waals surface area contributed by atoms with Crippen LogP contribution in [-0.4, -0.2) is 22.4 Å². The largest absolute Gasteiger partial charge is 0.318 e. The van der Waals surface area contributed by atoms with E-state index in [0.717, 1.165) is 19.6 Å². The van der Waals surface area contributed by atoms with Crippen LogP contribution in [0.15, 0.2) is 85.1 Å². The fourth-order valence-electron chi connectivity index (χ4n) is 3.90. The smallest absolute Gasteiger partial charge is 0.0538 e. The summed E-state index contributed by atoms with van der Waals surface area (Å²) in [6, 6.07) is 28.1. The third-order valence-corrected chi connectivity index (χ3v) is 5.34. The molecule has 0 atom stereocenters. The zero-order chi connectivity index (χ0) is 18.6. The molecule has 0 saturated carbocycles. The second kappa shape index (κ2) is 7.81. The molecule has 2 heterocycles. The Hall–Kier alpha value is -2.84. The van der Waals surface area contributed by atoms with Crippen LogP contribution >= 0.6 is 0 Å². The van der Waals surface area contributed by atoms with E-state index in [1.54, 1.807) is 0 Å². The van der Waals surface area contributed by atoms with Crippen molar-refractivity contribution in [3.05, 3.63) is 90.8 Å². The first kappa shape index (κ1) is 17.6. The van der Waals surface area contributed by atoms with Gasteiger partial charge in [-0.2, -0.15) is 0 Å². The van der Waals surface area contributed by atoms with Crippen LogP contribution in [0.2, 0.25) is 0 Å². The van der Waals surface area contributed by atoms with Crippen LogP contribution in [0.3, 0.4) is 0 Å². The lowest BCUT2D eigenvalue weighted by Crippen LogP contribution is -2.23. The maximum atomic E-state index is 2.48. The summed E-state index contributed by atoms with van der Waals surface area (Å²) in [6.45, 7) is 7.51. The normalized spacial score (nSPS) is 11.4. The molecule has 0 aliphatic rings. The number of hydrogen-bond acceptors (Lipinski definition) is 1. The Balaban J connectivity index is 2.06. The molecule has 0 bridgehead atoms. The number of benzene rings is 2. The van der Waals surface area contributed by atoms with Gasteiger partial charge in [0.15, 0.2) is 0 Å². The van der Waals surface area contributed by atoms with Crippen LogP contribution in [0.4, 0.5) is 0 Å². The van der Waals surface area contributed by atoms with Gasteiger partial charge in [-0.05, 0) is 36.3 Å². The first-order chi connectivity index (χ1) is 13.3. The summed E-state index contributed by atoms with van der Waals surface area (Å²) in [7, 11) is 0. The van der Waals surface area contributed by atoms with Crippen molar-refractivity contribution in [1.82, 2.24) is 9.30 Å². The maximum absolute atomic E-state index is 2.48. The van der Waals surface area contributed by atoms with Crippen molar-refractivity contribution in [2.24, 2.45) is 0 Å². The van der Waals surface area contributed by atoms with Crippen molar-refractivity contribution >= 4 is 5.52 Å². The van der Waals surface area contributed by atoms with E-state index in [2.05, 4.69) is 108 Å². The lowest BCUT2D eigenvalue weighted by Gasteiger charge is -2.19. The fraction of sp³-hybridized carbons (Fsp3) is 0.200. The first-order valence-electron chi connectivity index (χ1n) is 9.78. The summed E-state index contributed by atoms with van der Waals surface area (Å²) in [6.07, 6.45) is 2.20. The Labute approximate surface area is 161 Å². The lowest BCUT2D eigenvalue weighted by molar-refractivity contribution is 0.292. The second-order valence-corrected chi connectivity index (χ2v) is 6.85. The van der Waals surface area contributed by atoms with Crippen molar-refractivity contribution in [1.29, 1.82) is 0 Å². The molecule has 0 radical (unpaired) electrons. The van der Waals surface area contributed by atoms with E-state index < -0.39 is 0 Å². The Morgan fingerprint density at radius 2 is 1.22 bits per heavy atom. The van der Waals surface area contributed by atoms with Crippen LogP contribution in [0.25, 0.3) is 27.8 Å². The molecule has 0 N–H and O–H groups in total. The maximum Gasteiger partial charge on any atom is 0.0538 e. The zero-order valence-electron chi connectivity index (χ0n) is 16.1. The molecule has 0 saturated heterocycles. The monoisotopic (exact) mass is 354 g/mol. The van der Waals surface area contributed by atoms with E-state index in [1.807, 2.05) is 0 Å². The molecule has 2 heteroatoms. The summed E-state index contributed by atoms with van der Waals surface area (Å²) < 4.78 is 2.38. The van der Waals surface area contributed by atoms with Gasteiger partial charge in [0, 0.05) is 29.6 Å². The van der Waals surface area contributed by atoms with Crippen molar-refractivity contribution in [3.63, 3.8) is 0 Å². The van der Waals surface area contributed by atoms with Gasteiger partial charge in [-0.15, -0.1) is 0 Å². The molecule has 0 aliphatic carbocycles. The third kappa shape index (κ3) is 3.29. The summed E-state index contributed by atoms with van der Waals surface area (Å²) in [4.78, 5) is 2.48. The highest BCUT2D eigenvalue weighted by Crippen LogP contribution is 2.40. The molecule has 0 spiro atoms. The molecule has 0 fully saturated rings. The van der Waals surface area contributed by atoms with Gasteiger partial charge in [0.25, 0.3) is 0 Å². The summed E-state index contributed by atoms with van der Waals surface area (Å²) in [5, 5.41) is 0. The van der Waals surface area contributed by atoms with Crippen LogP contribution in [-0.2, 0) is 6.54 Å². The predicted octanol–water partition coefficient (Wildman–Crippen LogP) is 6.12. The SMILES string of the molecule is CCN(CC)Cc1c(-c2ccccc2)c(-c2ccccc2)c2ccccn12. The van der Waals surface area contributed by atoms with Gasteiger partial charge in [-0.3, -0.25) is 4.90 Å². The molecule has 27 heavy (non-hydrogen) atoms. The molecular formula is C25H26N2. The van der Waals surface area contributed by atoms with E-state index in [4.69, 9.17) is 0 Å². The molecule has 0 amide bonds. The van der Waals surface area contributed by atoms with Gasteiger partial charge in [-0.1, -0.05) is 80.6 Å². The van der Waals surface area contributed by atoms with E-state index in [9.17, 15) is 0 Å². The van der Waals surface area contributed by atoms with Crippen LogP contribution in [0, 0.1) is 0 Å². The Bertz CT molecular complexity index is 1010. The number of fused-ring (bicyclic) bond motifs is 1. The molecule has 136 valence electrons. The third-order valence-electron chi connectivity index (χ3n) is 5.34. The zero-order valence-corrected chi connectivity index (χ0v) is 16.1. The topological polar surface area (TPSA) is 7.65 Å². The molecule has 2 aromatic heterocycles. The molecule has 4 rings (SSSR count). The molecule has 2 aromatic carbocycles. The van der Waals surface area contributed by atoms with Crippen molar-refractivity contribution in [2.45, 2.75) is 20.4 Å². The van der Waals surface area contributed by atoms with Crippen LogP contribution in [0.1, 0.15) is 19.5 Å². The average molecular weight is 354 g/mol. The highest BCUT2D eigenvalue weighted by atomic mass is 15.1. The van der Waals surface area contributed by atoms with Gasteiger partial charge in [0.05, 0.1) is 5.52 Å². The van der Waals surface area contributed by atoms with Gasteiger partial charge >= 0.3 is 0 Å². The van der Waals surface area contributed by atoms with E-state index in [1.165, 1.54) is 33.5 Å². The minimum atomic E-state index is 0.940. The minimum Gasteiger partial charge on any atom is -0.318 e. The molecule has 0 unspecified atom stereocenters. The quantitative estimate of drug-likeness (QED) is 0.405.